The minimum atomic E-state index is -0.864. The van der Waals surface area contributed by atoms with E-state index in [2.05, 4.69) is 4.98 Å². The number of benzene rings is 1. The molecule has 1 saturated heterocycles. The molecule has 1 aliphatic heterocycles. The molecule has 0 aliphatic carbocycles. The molecule has 1 aromatic carbocycles. The fraction of sp³-hybridized carbons (Fsp3) is 0.421. The molecular formula is C19H21F2N3O3. The van der Waals surface area contributed by atoms with Crippen molar-refractivity contribution in [2.45, 2.75) is 25.7 Å². The number of aromatic nitrogens is 1. The summed E-state index contributed by atoms with van der Waals surface area (Å²) in [6.45, 7) is 2.50. The zero-order valence-corrected chi connectivity index (χ0v) is 15.5. The van der Waals surface area contributed by atoms with Crippen molar-refractivity contribution in [2.24, 2.45) is 0 Å². The van der Waals surface area contributed by atoms with Gasteiger partial charge in [-0.05, 0) is 31.9 Å². The first-order valence-electron chi connectivity index (χ1n) is 8.71. The second kappa shape index (κ2) is 7.46. The fourth-order valence-electron chi connectivity index (χ4n) is 3.16. The lowest BCUT2D eigenvalue weighted by molar-refractivity contribution is 0.0701. The Hall–Kier alpha value is -2.77. The number of likely N-dealkylation sites (tertiary alicyclic amines) is 1. The van der Waals surface area contributed by atoms with Crippen molar-refractivity contribution in [3.05, 3.63) is 52.7 Å². The van der Waals surface area contributed by atoms with Crippen molar-refractivity contribution in [2.75, 3.05) is 27.2 Å². The third-order valence-corrected chi connectivity index (χ3v) is 4.71. The summed E-state index contributed by atoms with van der Waals surface area (Å²) in [6.07, 6.45) is 1.17. The molecule has 1 fully saturated rings. The zero-order valence-electron chi connectivity index (χ0n) is 15.5. The molecule has 27 heavy (non-hydrogen) atoms. The van der Waals surface area contributed by atoms with Gasteiger partial charge in [-0.2, -0.15) is 0 Å². The van der Waals surface area contributed by atoms with Crippen LogP contribution in [0.25, 0.3) is 0 Å². The van der Waals surface area contributed by atoms with Gasteiger partial charge in [0, 0.05) is 39.2 Å². The third-order valence-electron chi connectivity index (χ3n) is 4.71. The van der Waals surface area contributed by atoms with E-state index >= 15 is 0 Å². The van der Waals surface area contributed by atoms with E-state index in [9.17, 15) is 18.4 Å². The first kappa shape index (κ1) is 19.0. The molecule has 2 heterocycles. The Labute approximate surface area is 155 Å². The van der Waals surface area contributed by atoms with Crippen molar-refractivity contribution < 1.29 is 22.8 Å². The number of rotatable bonds is 3. The van der Waals surface area contributed by atoms with Crippen LogP contribution >= 0.6 is 0 Å². The SMILES string of the molecule is Cc1oc(C2CCN(C(=O)c3ccc(F)cc3F)CC2)nc1C(=O)N(C)C. The minimum absolute atomic E-state index is 0.0190. The molecule has 2 amide bonds. The number of carbonyl (C=O) groups excluding carboxylic acids is 2. The van der Waals surface area contributed by atoms with Gasteiger partial charge in [-0.3, -0.25) is 9.59 Å². The molecule has 1 aliphatic rings. The number of piperidine rings is 1. The quantitative estimate of drug-likeness (QED) is 0.825. The van der Waals surface area contributed by atoms with E-state index in [4.69, 9.17) is 4.42 Å². The second-order valence-electron chi connectivity index (χ2n) is 6.85. The molecule has 6 nitrogen and oxygen atoms in total. The molecule has 144 valence electrons. The molecule has 3 rings (SSSR count). The van der Waals surface area contributed by atoms with Gasteiger partial charge in [0.05, 0.1) is 5.56 Å². The number of nitrogens with zero attached hydrogens (tertiary/aromatic N) is 3. The van der Waals surface area contributed by atoms with Crippen LogP contribution in [-0.2, 0) is 0 Å². The Morgan fingerprint density at radius 2 is 1.89 bits per heavy atom. The van der Waals surface area contributed by atoms with Crippen molar-refractivity contribution in [1.29, 1.82) is 0 Å². The van der Waals surface area contributed by atoms with Crippen molar-refractivity contribution in [3.63, 3.8) is 0 Å². The van der Waals surface area contributed by atoms with Gasteiger partial charge in [0.15, 0.2) is 11.6 Å². The van der Waals surface area contributed by atoms with E-state index in [1.807, 2.05) is 0 Å². The highest BCUT2D eigenvalue weighted by molar-refractivity contribution is 5.94. The Morgan fingerprint density at radius 1 is 1.22 bits per heavy atom. The van der Waals surface area contributed by atoms with Crippen LogP contribution < -0.4 is 0 Å². The average Bonchev–Trinajstić information content (AvgIpc) is 3.02. The molecule has 1 aromatic heterocycles. The summed E-state index contributed by atoms with van der Waals surface area (Å²) in [4.78, 5) is 31.9. The van der Waals surface area contributed by atoms with E-state index in [0.717, 1.165) is 12.1 Å². The largest absolute Gasteiger partial charge is 0.445 e. The van der Waals surface area contributed by atoms with E-state index < -0.39 is 17.5 Å². The normalized spacial score (nSPS) is 15.1. The molecule has 0 radical (unpaired) electrons. The van der Waals surface area contributed by atoms with Gasteiger partial charge in [0.25, 0.3) is 11.8 Å². The van der Waals surface area contributed by atoms with Gasteiger partial charge in [0.2, 0.25) is 0 Å². The maximum atomic E-state index is 13.8. The Kier molecular flexibility index (Phi) is 5.25. The fourth-order valence-corrected chi connectivity index (χ4v) is 3.16. The molecular weight excluding hydrogens is 356 g/mol. The monoisotopic (exact) mass is 377 g/mol. The number of carbonyl (C=O) groups is 2. The predicted octanol–water partition coefficient (Wildman–Crippen LogP) is 2.98. The van der Waals surface area contributed by atoms with Crippen LogP contribution in [0.3, 0.4) is 0 Å². The van der Waals surface area contributed by atoms with Crippen molar-refractivity contribution in [1.82, 2.24) is 14.8 Å². The lowest BCUT2D eigenvalue weighted by Gasteiger charge is -2.30. The summed E-state index contributed by atoms with van der Waals surface area (Å²) in [5.41, 5.74) is 0.155. The maximum Gasteiger partial charge on any atom is 0.275 e. The highest BCUT2D eigenvalue weighted by Gasteiger charge is 2.30. The average molecular weight is 377 g/mol. The summed E-state index contributed by atoms with van der Waals surface area (Å²) in [5, 5.41) is 0. The van der Waals surface area contributed by atoms with Crippen molar-refractivity contribution >= 4 is 11.8 Å². The Morgan fingerprint density at radius 3 is 2.48 bits per heavy atom. The topological polar surface area (TPSA) is 66.7 Å². The smallest absolute Gasteiger partial charge is 0.275 e. The molecule has 8 heteroatoms. The molecule has 0 unspecified atom stereocenters. The first-order chi connectivity index (χ1) is 12.8. The molecule has 0 bridgehead atoms. The van der Waals surface area contributed by atoms with Crippen molar-refractivity contribution in [3.8, 4) is 0 Å². The van der Waals surface area contributed by atoms with E-state index in [-0.39, 0.29) is 17.4 Å². The van der Waals surface area contributed by atoms with Gasteiger partial charge in [-0.25, -0.2) is 13.8 Å². The van der Waals surface area contributed by atoms with Crippen LogP contribution in [-0.4, -0.2) is 53.8 Å². The number of halogens is 2. The van der Waals surface area contributed by atoms with Crippen LogP contribution in [0, 0.1) is 18.6 Å². The van der Waals surface area contributed by atoms with E-state index in [1.165, 1.54) is 9.80 Å². The Bertz CT molecular complexity index is 871. The van der Waals surface area contributed by atoms with E-state index in [1.54, 1.807) is 21.0 Å². The van der Waals surface area contributed by atoms with Gasteiger partial charge >= 0.3 is 0 Å². The van der Waals surface area contributed by atoms with Gasteiger partial charge in [0.1, 0.15) is 17.4 Å². The maximum absolute atomic E-state index is 13.8. The molecule has 0 atom stereocenters. The lowest BCUT2D eigenvalue weighted by atomic mass is 9.96. The van der Waals surface area contributed by atoms with Crippen LogP contribution in [0.1, 0.15) is 51.3 Å². The molecule has 2 aromatic rings. The van der Waals surface area contributed by atoms with Crippen LogP contribution in [0.2, 0.25) is 0 Å². The number of amides is 2. The molecule has 0 spiro atoms. The summed E-state index contributed by atoms with van der Waals surface area (Å²) >= 11 is 0. The third kappa shape index (κ3) is 3.84. The highest BCUT2D eigenvalue weighted by Crippen LogP contribution is 2.30. The number of hydrogen-bond acceptors (Lipinski definition) is 4. The van der Waals surface area contributed by atoms with Crippen LogP contribution in [0.4, 0.5) is 8.78 Å². The van der Waals surface area contributed by atoms with E-state index in [0.29, 0.717) is 49.3 Å². The minimum Gasteiger partial charge on any atom is -0.445 e. The Balaban J connectivity index is 1.68. The van der Waals surface area contributed by atoms with Gasteiger partial charge in [-0.1, -0.05) is 0 Å². The van der Waals surface area contributed by atoms with Crippen LogP contribution in [0.5, 0.6) is 0 Å². The lowest BCUT2D eigenvalue weighted by Crippen LogP contribution is -2.38. The van der Waals surface area contributed by atoms with Crippen LogP contribution in [0.15, 0.2) is 22.6 Å². The highest BCUT2D eigenvalue weighted by atomic mass is 19.1. The summed E-state index contributed by atoms with van der Waals surface area (Å²) < 4.78 is 32.5. The second-order valence-corrected chi connectivity index (χ2v) is 6.85. The molecule has 0 saturated carbocycles. The number of hydrogen-bond donors (Lipinski definition) is 0. The summed E-state index contributed by atoms with van der Waals surface area (Å²) in [7, 11) is 3.30. The zero-order chi connectivity index (χ0) is 19.7. The summed E-state index contributed by atoms with van der Waals surface area (Å²) in [6, 6.07) is 2.94. The predicted molar refractivity (Wildman–Crippen MR) is 93.5 cm³/mol. The first-order valence-corrected chi connectivity index (χ1v) is 8.71. The summed E-state index contributed by atoms with van der Waals surface area (Å²) in [5.74, 6) is -1.33. The molecule has 0 N–H and O–H groups in total. The number of oxazole rings is 1. The van der Waals surface area contributed by atoms with Gasteiger partial charge in [-0.15, -0.1) is 0 Å². The number of aryl methyl sites for hydroxylation is 1. The van der Waals surface area contributed by atoms with Gasteiger partial charge < -0.3 is 14.2 Å². The standard InChI is InChI=1S/C19H21F2N3O3/c1-11-16(19(26)23(2)3)22-17(27-11)12-6-8-24(9-7-12)18(25)14-5-4-13(20)10-15(14)21/h4-5,10,12H,6-9H2,1-3H3.